The second-order valence-electron chi connectivity index (χ2n) is 5.99. The molecule has 0 bridgehead atoms. The molecule has 2 heterocycles. The van der Waals surface area contributed by atoms with E-state index in [-0.39, 0.29) is 12.0 Å². The molecule has 3 aromatic rings. The van der Waals surface area contributed by atoms with E-state index in [1.165, 1.54) is 12.1 Å². The number of fused-ring (bicyclic) bond motifs is 1. The van der Waals surface area contributed by atoms with E-state index < -0.39 is 4.92 Å². The average molecular weight is 355 g/mol. The van der Waals surface area contributed by atoms with Crippen LogP contribution in [0.25, 0.3) is 16.6 Å². The maximum atomic E-state index is 10.8. The number of hydrogen-bond donors (Lipinski definition) is 0. The number of methoxy groups -OCH3 is 2. The molecule has 3 rings (SSSR count). The Morgan fingerprint density at radius 3 is 2.42 bits per heavy atom. The number of nitrogens with zero attached hydrogens (tertiary/aromatic N) is 3. The molecule has 7 nitrogen and oxygen atoms in total. The summed E-state index contributed by atoms with van der Waals surface area (Å²) in [6.07, 6.45) is 1.71. The van der Waals surface area contributed by atoms with E-state index in [2.05, 4.69) is 15.4 Å². The fourth-order valence-electron chi connectivity index (χ4n) is 2.93. The van der Waals surface area contributed by atoms with E-state index in [1.807, 2.05) is 31.4 Å². The highest BCUT2D eigenvalue weighted by Crippen LogP contribution is 2.27. The normalized spacial score (nSPS) is 11.2. The summed E-state index contributed by atoms with van der Waals surface area (Å²) in [5, 5.41) is 10.8. The zero-order valence-corrected chi connectivity index (χ0v) is 15.0. The first-order valence-corrected chi connectivity index (χ1v) is 8.16. The highest BCUT2D eigenvalue weighted by Gasteiger charge is 2.14. The lowest BCUT2D eigenvalue weighted by atomic mass is 10.1. The Morgan fingerprint density at radius 1 is 1.12 bits per heavy atom. The second-order valence-corrected chi connectivity index (χ2v) is 5.99. The maximum Gasteiger partial charge on any atom is 0.269 e. The minimum Gasteiger partial charge on any atom is -0.356 e. The number of nitro benzene ring substituents is 1. The van der Waals surface area contributed by atoms with Crippen LogP contribution in [-0.4, -0.2) is 43.4 Å². The smallest absolute Gasteiger partial charge is 0.269 e. The molecular formula is C19H21N3O4. The highest BCUT2D eigenvalue weighted by atomic mass is 16.7. The molecule has 0 atom stereocenters. The van der Waals surface area contributed by atoms with Crippen molar-refractivity contribution in [3.05, 3.63) is 64.8 Å². The Kier molecular flexibility index (Phi) is 5.20. The minimum absolute atomic E-state index is 0.0862. The predicted molar refractivity (Wildman–Crippen MR) is 101 cm³/mol. The van der Waals surface area contributed by atoms with Crippen molar-refractivity contribution in [1.82, 2.24) is 4.40 Å². The topological polar surface area (TPSA) is 69.2 Å². The van der Waals surface area contributed by atoms with Crippen LogP contribution in [0, 0.1) is 10.1 Å². The number of non-ortho nitro benzene ring substituents is 1. The van der Waals surface area contributed by atoms with Crippen molar-refractivity contribution in [2.24, 2.45) is 0 Å². The first kappa shape index (κ1) is 17.9. The Labute approximate surface area is 151 Å². The number of hydrogen-bond acceptors (Lipinski definition) is 5. The van der Waals surface area contributed by atoms with Crippen LogP contribution in [-0.2, 0) is 9.47 Å². The largest absolute Gasteiger partial charge is 0.356 e. The molecule has 0 N–H and O–H groups in total. The molecule has 0 saturated heterocycles. The van der Waals surface area contributed by atoms with E-state index in [1.54, 1.807) is 26.4 Å². The fourth-order valence-corrected chi connectivity index (χ4v) is 2.93. The molecule has 0 spiro atoms. The third-order valence-corrected chi connectivity index (χ3v) is 4.36. The monoisotopic (exact) mass is 355 g/mol. The van der Waals surface area contributed by atoms with E-state index in [4.69, 9.17) is 9.47 Å². The number of pyridine rings is 1. The summed E-state index contributed by atoms with van der Waals surface area (Å²) in [6, 6.07) is 14.7. The lowest BCUT2D eigenvalue weighted by molar-refractivity contribution is -0.384. The van der Waals surface area contributed by atoms with Crippen LogP contribution in [0.2, 0.25) is 0 Å². The predicted octanol–water partition coefficient (Wildman–Crippen LogP) is 3.57. The molecule has 0 aliphatic carbocycles. The van der Waals surface area contributed by atoms with Crippen molar-refractivity contribution in [1.29, 1.82) is 0 Å². The number of nitro groups is 1. The van der Waals surface area contributed by atoms with Crippen LogP contribution < -0.4 is 4.90 Å². The first-order valence-electron chi connectivity index (χ1n) is 8.16. The van der Waals surface area contributed by atoms with Gasteiger partial charge in [0, 0.05) is 50.7 Å². The van der Waals surface area contributed by atoms with Gasteiger partial charge >= 0.3 is 0 Å². The molecule has 0 aliphatic rings. The third-order valence-electron chi connectivity index (χ3n) is 4.36. The highest BCUT2D eigenvalue weighted by molar-refractivity contribution is 5.73. The Hall–Kier alpha value is -2.90. The zero-order chi connectivity index (χ0) is 18.7. The van der Waals surface area contributed by atoms with Gasteiger partial charge in [0.15, 0.2) is 6.29 Å². The second kappa shape index (κ2) is 7.55. The van der Waals surface area contributed by atoms with Gasteiger partial charge in [-0.25, -0.2) is 0 Å². The van der Waals surface area contributed by atoms with Crippen LogP contribution in [0.1, 0.15) is 0 Å². The molecule has 0 aliphatic heterocycles. The van der Waals surface area contributed by atoms with E-state index in [0.717, 1.165) is 22.5 Å². The molecule has 26 heavy (non-hydrogen) atoms. The lowest BCUT2D eigenvalue weighted by Crippen LogP contribution is -2.32. The Morgan fingerprint density at radius 2 is 1.81 bits per heavy atom. The van der Waals surface area contributed by atoms with Crippen molar-refractivity contribution in [2.45, 2.75) is 6.29 Å². The van der Waals surface area contributed by atoms with Crippen LogP contribution in [0.3, 0.4) is 0 Å². The molecule has 0 unspecified atom stereocenters. The summed E-state index contributed by atoms with van der Waals surface area (Å²) >= 11 is 0. The van der Waals surface area contributed by atoms with Gasteiger partial charge in [0.05, 0.1) is 11.5 Å². The van der Waals surface area contributed by atoms with Gasteiger partial charge in [-0.15, -0.1) is 0 Å². The van der Waals surface area contributed by atoms with E-state index >= 15 is 0 Å². The van der Waals surface area contributed by atoms with Gasteiger partial charge in [0.25, 0.3) is 5.69 Å². The van der Waals surface area contributed by atoms with Crippen molar-refractivity contribution in [3.8, 4) is 11.1 Å². The van der Waals surface area contributed by atoms with Crippen LogP contribution in [0.5, 0.6) is 0 Å². The van der Waals surface area contributed by atoms with E-state index in [0.29, 0.717) is 6.54 Å². The Bertz CT molecular complexity index is 901. The minimum atomic E-state index is -0.394. The molecule has 0 saturated carbocycles. The molecule has 7 heteroatoms. The third kappa shape index (κ3) is 3.54. The Balaban J connectivity index is 1.95. The molecule has 2 aromatic heterocycles. The van der Waals surface area contributed by atoms with Crippen molar-refractivity contribution >= 4 is 17.0 Å². The summed E-state index contributed by atoms with van der Waals surface area (Å²) in [5.41, 5.74) is 3.05. The number of rotatable bonds is 7. The van der Waals surface area contributed by atoms with Crippen LogP contribution >= 0.6 is 0 Å². The van der Waals surface area contributed by atoms with E-state index in [9.17, 15) is 10.1 Å². The number of likely N-dealkylation sites (N-methyl/N-ethyl adjacent to an activating group) is 1. The van der Waals surface area contributed by atoms with Gasteiger partial charge in [-0.3, -0.25) is 10.1 Å². The summed E-state index contributed by atoms with van der Waals surface area (Å²) in [5.74, 6) is 0.995. The zero-order valence-electron chi connectivity index (χ0n) is 15.0. The summed E-state index contributed by atoms with van der Waals surface area (Å²) in [7, 11) is 5.21. The lowest BCUT2D eigenvalue weighted by Gasteiger charge is -2.24. The molecule has 0 amide bonds. The number of aromatic nitrogens is 1. The number of benzene rings is 1. The van der Waals surface area contributed by atoms with Crippen LogP contribution in [0.15, 0.2) is 54.7 Å². The fraction of sp³-hybridized carbons (Fsp3) is 0.263. The summed E-state index contributed by atoms with van der Waals surface area (Å²) in [4.78, 5) is 12.5. The van der Waals surface area contributed by atoms with Gasteiger partial charge in [0.2, 0.25) is 0 Å². The van der Waals surface area contributed by atoms with Gasteiger partial charge < -0.3 is 18.8 Å². The molecule has 0 fully saturated rings. The van der Waals surface area contributed by atoms with Gasteiger partial charge in [0.1, 0.15) is 5.82 Å². The molecule has 0 radical (unpaired) electrons. The molecule has 1 aromatic carbocycles. The summed E-state index contributed by atoms with van der Waals surface area (Å²) in [6.45, 7) is 0.581. The first-order chi connectivity index (χ1) is 12.5. The van der Waals surface area contributed by atoms with Crippen molar-refractivity contribution in [3.63, 3.8) is 0 Å². The number of ether oxygens (including phenoxy) is 2. The van der Waals surface area contributed by atoms with Crippen LogP contribution in [0.4, 0.5) is 11.5 Å². The van der Waals surface area contributed by atoms with Gasteiger partial charge in [-0.05, 0) is 35.9 Å². The standard InChI is InChI=1S/C19H21N3O4/c1-20(13-19(25-2)26-3)18-6-4-5-17-11-15(12-21(17)18)14-7-9-16(10-8-14)22(23)24/h4-12,19H,13H2,1-3H3. The van der Waals surface area contributed by atoms with Crippen molar-refractivity contribution < 1.29 is 14.4 Å². The molecular weight excluding hydrogens is 334 g/mol. The quantitative estimate of drug-likeness (QED) is 0.368. The van der Waals surface area contributed by atoms with Crippen molar-refractivity contribution in [2.75, 3.05) is 32.7 Å². The maximum absolute atomic E-state index is 10.8. The van der Waals surface area contributed by atoms with Gasteiger partial charge in [-0.1, -0.05) is 6.07 Å². The summed E-state index contributed by atoms with van der Waals surface area (Å²) < 4.78 is 12.6. The molecule has 136 valence electrons. The average Bonchev–Trinajstić information content (AvgIpc) is 3.10. The van der Waals surface area contributed by atoms with Gasteiger partial charge in [-0.2, -0.15) is 0 Å². The number of anilines is 1. The SMILES string of the molecule is COC(CN(C)c1cccc2cc(-c3ccc([N+](=O)[O-])cc3)cn12)OC.